The third-order valence-electron chi connectivity index (χ3n) is 4.96. The van der Waals surface area contributed by atoms with Gasteiger partial charge in [0.05, 0.1) is 6.10 Å². The van der Waals surface area contributed by atoms with Crippen LogP contribution in [0.1, 0.15) is 45.4 Å². The fourth-order valence-corrected chi connectivity index (χ4v) is 3.56. The van der Waals surface area contributed by atoms with Crippen LogP contribution in [-0.2, 0) is 4.74 Å². The molecule has 2 aliphatic rings. The van der Waals surface area contributed by atoms with Gasteiger partial charge in [0.2, 0.25) is 0 Å². The van der Waals surface area contributed by atoms with Gasteiger partial charge in [0.15, 0.2) is 0 Å². The molecule has 0 bridgehead atoms. The van der Waals surface area contributed by atoms with E-state index in [2.05, 4.69) is 18.9 Å². The Balaban J connectivity index is 1.82. The summed E-state index contributed by atoms with van der Waals surface area (Å²) in [6.07, 6.45) is 6.93. The van der Waals surface area contributed by atoms with Crippen molar-refractivity contribution in [1.82, 2.24) is 4.90 Å². The maximum Gasteiger partial charge on any atom is 0.0580 e. The minimum absolute atomic E-state index is 0.0740. The zero-order valence-electron chi connectivity index (χ0n) is 12.0. The third kappa shape index (κ3) is 3.69. The highest BCUT2D eigenvalue weighted by Crippen LogP contribution is 2.32. The largest absolute Gasteiger partial charge is 0.393 e. The number of aliphatic hydroxyl groups excluding tert-OH is 1. The van der Waals surface area contributed by atoms with Gasteiger partial charge in [0.25, 0.3) is 0 Å². The summed E-state index contributed by atoms with van der Waals surface area (Å²) >= 11 is 0. The van der Waals surface area contributed by atoms with Gasteiger partial charge in [-0.1, -0.05) is 13.3 Å². The van der Waals surface area contributed by atoms with E-state index in [1.54, 1.807) is 0 Å². The number of aliphatic hydroxyl groups is 1. The highest BCUT2D eigenvalue weighted by Gasteiger charge is 2.30. The van der Waals surface area contributed by atoms with Crippen molar-refractivity contribution in [1.29, 1.82) is 0 Å². The molecule has 0 spiro atoms. The van der Waals surface area contributed by atoms with Crippen LogP contribution >= 0.6 is 0 Å². The number of hydrogen-bond donors (Lipinski definition) is 1. The average Bonchev–Trinajstić information content (AvgIpc) is 2.42. The van der Waals surface area contributed by atoms with E-state index in [1.807, 2.05) is 0 Å². The second kappa shape index (κ2) is 6.88. The SMILES string of the molecule is CCC1CCC(O)C(CN(C)C2CCOCC2)C1. The first-order valence-corrected chi connectivity index (χ1v) is 7.66. The van der Waals surface area contributed by atoms with Crippen LogP contribution in [0.25, 0.3) is 0 Å². The van der Waals surface area contributed by atoms with Crippen LogP contribution in [0.3, 0.4) is 0 Å². The van der Waals surface area contributed by atoms with E-state index in [0.717, 1.165) is 44.9 Å². The summed E-state index contributed by atoms with van der Waals surface area (Å²) in [5.41, 5.74) is 0. The second-order valence-electron chi connectivity index (χ2n) is 6.20. The van der Waals surface area contributed by atoms with Crippen molar-refractivity contribution in [3.05, 3.63) is 0 Å². The first-order chi connectivity index (χ1) is 8.70. The standard InChI is InChI=1S/C15H29NO2/c1-3-12-4-5-15(17)13(10-12)11-16(2)14-6-8-18-9-7-14/h12-15,17H,3-11H2,1-2H3. The molecule has 0 aromatic heterocycles. The number of ether oxygens (including phenoxy) is 1. The average molecular weight is 255 g/mol. The molecule has 18 heavy (non-hydrogen) atoms. The maximum atomic E-state index is 10.2. The van der Waals surface area contributed by atoms with E-state index in [9.17, 15) is 5.11 Å². The van der Waals surface area contributed by atoms with Crippen molar-refractivity contribution >= 4 is 0 Å². The quantitative estimate of drug-likeness (QED) is 0.836. The van der Waals surface area contributed by atoms with E-state index < -0.39 is 0 Å². The number of nitrogens with zero attached hydrogens (tertiary/aromatic N) is 1. The van der Waals surface area contributed by atoms with Crippen molar-refractivity contribution in [2.24, 2.45) is 11.8 Å². The number of rotatable bonds is 4. The Morgan fingerprint density at radius 2 is 1.89 bits per heavy atom. The van der Waals surface area contributed by atoms with Gasteiger partial charge in [-0.15, -0.1) is 0 Å². The molecule has 1 saturated carbocycles. The Bertz CT molecular complexity index is 241. The molecule has 106 valence electrons. The number of hydrogen-bond acceptors (Lipinski definition) is 3. The van der Waals surface area contributed by atoms with Gasteiger partial charge in [-0.05, 0) is 51.0 Å². The second-order valence-corrected chi connectivity index (χ2v) is 6.20. The Morgan fingerprint density at radius 1 is 1.17 bits per heavy atom. The summed E-state index contributed by atoms with van der Waals surface area (Å²) in [5, 5.41) is 10.2. The fourth-order valence-electron chi connectivity index (χ4n) is 3.56. The van der Waals surface area contributed by atoms with E-state index in [4.69, 9.17) is 4.74 Å². The topological polar surface area (TPSA) is 32.7 Å². The zero-order chi connectivity index (χ0) is 13.0. The molecule has 1 aliphatic carbocycles. The van der Waals surface area contributed by atoms with Gasteiger partial charge in [-0.25, -0.2) is 0 Å². The van der Waals surface area contributed by atoms with E-state index >= 15 is 0 Å². The molecule has 1 aliphatic heterocycles. The highest BCUT2D eigenvalue weighted by molar-refractivity contribution is 4.83. The molecule has 0 amide bonds. The summed E-state index contributed by atoms with van der Waals surface area (Å²) in [6.45, 7) is 5.14. The lowest BCUT2D eigenvalue weighted by molar-refractivity contribution is 0.00188. The monoisotopic (exact) mass is 255 g/mol. The van der Waals surface area contributed by atoms with E-state index in [1.165, 1.54) is 19.3 Å². The Morgan fingerprint density at radius 3 is 2.56 bits per heavy atom. The molecule has 0 aromatic carbocycles. The smallest absolute Gasteiger partial charge is 0.0580 e. The van der Waals surface area contributed by atoms with Crippen LogP contribution in [0.5, 0.6) is 0 Å². The molecule has 2 fully saturated rings. The van der Waals surface area contributed by atoms with Crippen LogP contribution in [0.4, 0.5) is 0 Å². The lowest BCUT2D eigenvalue weighted by Gasteiger charge is -2.38. The predicted molar refractivity (Wildman–Crippen MR) is 73.6 cm³/mol. The summed E-state index contributed by atoms with van der Waals surface area (Å²) in [4.78, 5) is 2.47. The Labute approximate surface area is 112 Å². The van der Waals surface area contributed by atoms with Crippen LogP contribution in [0, 0.1) is 11.8 Å². The van der Waals surface area contributed by atoms with Crippen molar-refractivity contribution in [2.75, 3.05) is 26.8 Å². The van der Waals surface area contributed by atoms with Crippen molar-refractivity contribution < 1.29 is 9.84 Å². The first kappa shape index (κ1) is 14.3. The van der Waals surface area contributed by atoms with E-state index in [-0.39, 0.29) is 6.10 Å². The summed E-state index contributed by atoms with van der Waals surface area (Å²) < 4.78 is 5.42. The molecule has 3 nitrogen and oxygen atoms in total. The summed E-state index contributed by atoms with van der Waals surface area (Å²) in [7, 11) is 2.22. The first-order valence-electron chi connectivity index (χ1n) is 7.66. The van der Waals surface area contributed by atoms with Crippen molar-refractivity contribution in [3.8, 4) is 0 Å². The molecule has 1 saturated heterocycles. The third-order valence-corrected chi connectivity index (χ3v) is 4.96. The molecule has 1 heterocycles. The maximum absolute atomic E-state index is 10.2. The molecule has 3 heteroatoms. The molecular formula is C15H29NO2. The summed E-state index contributed by atoms with van der Waals surface area (Å²) in [5.74, 6) is 1.32. The molecule has 3 atom stereocenters. The summed E-state index contributed by atoms with van der Waals surface area (Å²) in [6, 6.07) is 0.660. The van der Waals surface area contributed by atoms with Gasteiger partial charge in [0, 0.05) is 25.8 Å². The molecule has 3 unspecified atom stereocenters. The van der Waals surface area contributed by atoms with Crippen LogP contribution in [-0.4, -0.2) is 49.0 Å². The lowest BCUT2D eigenvalue weighted by atomic mass is 9.78. The Hall–Kier alpha value is -0.120. The molecular weight excluding hydrogens is 226 g/mol. The van der Waals surface area contributed by atoms with Crippen molar-refractivity contribution in [2.45, 2.75) is 57.6 Å². The molecule has 2 rings (SSSR count). The van der Waals surface area contributed by atoms with Crippen LogP contribution in [0.2, 0.25) is 0 Å². The minimum atomic E-state index is -0.0740. The predicted octanol–water partition coefficient (Wildman–Crippen LogP) is 2.28. The van der Waals surface area contributed by atoms with Crippen molar-refractivity contribution in [3.63, 3.8) is 0 Å². The fraction of sp³-hybridized carbons (Fsp3) is 1.00. The molecule has 0 aromatic rings. The minimum Gasteiger partial charge on any atom is -0.393 e. The Kier molecular flexibility index (Phi) is 5.46. The van der Waals surface area contributed by atoms with Gasteiger partial charge in [-0.3, -0.25) is 0 Å². The van der Waals surface area contributed by atoms with Gasteiger partial charge >= 0.3 is 0 Å². The lowest BCUT2D eigenvalue weighted by Crippen LogP contribution is -2.43. The van der Waals surface area contributed by atoms with Gasteiger partial charge in [0.1, 0.15) is 0 Å². The van der Waals surface area contributed by atoms with E-state index in [0.29, 0.717) is 12.0 Å². The van der Waals surface area contributed by atoms with Crippen LogP contribution in [0.15, 0.2) is 0 Å². The molecule has 1 N–H and O–H groups in total. The van der Waals surface area contributed by atoms with Gasteiger partial charge in [-0.2, -0.15) is 0 Å². The molecule has 0 radical (unpaired) electrons. The normalized spacial score (nSPS) is 35.0. The van der Waals surface area contributed by atoms with Gasteiger partial charge < -0.3 is 14.7 Å². The zero-order valence-corrected chi connectivity index (χ0v) is 12.0. The highest BCUT2D eigenvalue weighted by atomic mass is 16.5. The van der Waals surface area contributed by atoms with Crippen LogP contribution < -0.4 is 0 Å².